The summed E-state index contributed by atoms with van der Waals surface area (Å²) in [5.74, 6) is -0.139. The zero-order chi connectivity index (χ0) is 73.3. The highest BCUT2D eigenvalue weighted by atomic mass is 35.5. The molecular formula is C61H102ClF6N11O8S4Si3. The Morgan fingerprint density at radius 3 is 1.34 bits per heavy atom. The fourth-order valence-electron chi connectivity index (χ4n) is 7.83. The number of benzene rings is 2. The Bertz CT molecular complexity index is 3610. The molecule has 1 aliphatic heterocycles. The van der Waals surface area contributed by atoms with Crippen molar-refractivity contribution >= 4 is 95.4 Å². The smallest absolute Gasteiger partial charge is 0.393 e. The van der Waals surface area contributed by atoms with Crippen molar-refractivity contribution in [1.29, 1.82) is 0 Å². The number of nitrogens with one attached hydrogen (secondary N) is 1. The van der Waals surface area contributed by atoms with Gasteiger partial charge in [0.25, 0.3) is 0 Å². The van der Waals surface area contributed by atoms with Crippen LogP contribution in [0.2, 0.25) is 54.4 Å². The highest BCUT2D eigenvalue weighted by Crippen LogP contribution is 2.39. The van der Waals surface area contributed by atoms with Crippen LogP contribution in [0, 0.1) is 0 Å². The van der Waals surface area contributed by atoms with E-state index in [1.807, 2.05) is 13.8 Å². The molecule has 19 nitrogen and oxygen atoms in total. The summed E-state index contributed by atoms with van der Waals surface area (Å²) in [6.45, 7) is 40.5. The van der Waals surface area contributed by atoms with Crippen molar-refractivity contribution in [3.05, 3.63) is 120 Å². The number of ether oxygens (including phenoxy) is 1. The Hall–Kier alpha value is -4.20. The fourth-order valence-corrected chi connectivity index (χ4v) is 19.3. The maximum absolute atomic E-state index is 12.8. The molecule has 4 unspecified atom stereocenters. The number of aliphatic hydroxyl groups excluding tert-OH is 1. The molecular weight excluding hydrogens is 1380 g/mol. The first-order chi connectivity index (χ1) is 42.2. The van der Waals surface area contributed by atoms with Gasteiger partial charge in [-0.2, -0.15) is 64.5 Å². The molecule has 4 aromatic heterocycles. The van der Waals surface area contributed by atoms with Crippen molar-refractivity contribution in [3.63, 3.8) is 0 Å². The summed E-state index contributed by atoms with van der Waals surface area (Å²) in [7, 11) is -7.85. The molecule has 94 heavy (non-hydrogen) atoms. The van der Waals surface area contributed by atoms with E-state index >= 15 is 0 Å². The molecule has 0 radical (unpaired) electrons. The van der Waals surface area contributed by atoms with Crippen LogP contribution in [0.4, 0.5) is 26.3 Å². The monoisotopic (exact) mass is 1480 g/mol. The number of thiol groups is 1. The second-order valence-electron chi connectivity index (χ2n) is 28.3. The number of hydrogen-bond acceptors (Lipinski definition) is 13. The molecule has 2 aromatic carbocycles. The lowest BCUT2D eigenvalue weighted by Crippen LogP contribution is -2.56. The Morgan fingerprint density at radius 2 is 1.02 bits per heavy atom. The minimum Gasteiger partial charge on any atom is -0.393 e. The fraction of sp³-hybridized carbons (Fsp3) is 0.607. The van der Waals surface area contributed by atoms with E-state index in [1.54, 1.807) is 51.9 Å². The summed E-state index contributed by atoms with van der Waals surface area (Å²) in [5.41, 5.74) is 3.31. The number of aromatic nitrogens is 8. The van der Waals surface area contributed by atoms with Crippen molar-refractivity contribution in [1.82, 2.24) is 49.8 Å². The van der Waals surface area contributed by atoms with Crippen LogP contribution in [0.5, 0.6) is 0 Å². The van der Waals surface area contributed by atoms with Gasteiger partial charge in [-0.25, -0.2) is 31.9 Å². The summed E-state index contributed by atoms with van der Waals surface area (Å²) in [4.78, 5) is 20.4. The topological polar surface area (TPSA) is 227 Å². The number of H-pyrrole nitrogens is 1. The average molecular weight is 1480 g/mol. The summed E-state index contributed by atoms with van der Waals surface area (Å²) in [6, 6.07) is 10.2. The normalized spacial score (nSPS) is 15.4. The first-order valence-corrected chi connectivity index (χ1v) is 44.2. The van der Waals surface area contributed by atoms with Gasteiger partial charge in [-0.05, 0) is 65.7 Å². The first-order valence-electron chi connectivity index (χ1n) is 30.2. The molecule has 534 valence electrons. The van der Waals surface area contributed by atoms with Gasteiger partial charge in [0.1, 0.15) is 40.6 Å². The maximum Gasteiger partial charge on any atom is 0.416 e. The van der Waals surface area contributed by atoms with E-state index in [0.29, 0.717) is 50.7 Å². The third kappa shape index (κ3) is 22.7. The minimum atomic E-state index is -4.30. The minimum absolute atomic E-state index is 0.0121. The van der Waals surface area contributed by atoms with E-state index in [-0.39, 0.29) is 32.8 Å². The van der Waals surface area contributed by atoms with E-state index in [1.165, 1.54) is 89.8 Å². The van der Waals surface area contributed by atoms with Gasteiger partial charge in [-0.15, -0.1) is 24.2 Å². The van der Waals surface area contributed by atoms with Crippen molar-refractivity contribution in [2.24, 2.45) is 0 Å². The second-order valence-corrected chi connectivity index (χ2v) is 51.2. The largest absolute Gasteiger partial charge is 0.416 e. The van der Waals surface area contributed by atoms with Crippen LogP contribution in [0.3, 0.4) is 0 Å². The number of epoxide rings is 1. The Morgan fingerprint density at radius 1 is 0.638 bits per heavy atom. The van der Waals surface area contributed by atoms with E-state index in [9.17, 15) is 56.7 Å². The van der Waals surface area contributed by atoms with Crippen LogP contribution in [0.1, 0.15) is 130 Å². The molecule has 1 aliphatic rings. The van der Waals surface area contributed by atoms with Crippen molar-refractivity contribution < 1.29 is 61.4 Å². The maximum atomic E-state index is 12.8. The number of aliphatic hydroxyl groups is 1. The average Bonchev–Trinajstić information content (AvgIpc) is 1.53. The number of nitrogens with zero attached hydrogens (tertiary/aromatic N) is 10. The quantitative estimate of drug-likeness (QED) is 0.0287. The van der Waals surface area contributed by atoms with Crippen LogP contribution < -0.4 is 16.3 Å². The molecule has 0 amide bonds. The molecule has 0 saturated carbocycles. The zero-order valence-electron chi connectivity index (χ0n) is 59.1. The number of alkyl halides is 7. The predicted molar refractivity (Wildman–Crippen MR) is 377 cm³/mol. The van der Waals surface area contributed by atoms with Gasteiger partial charge in [0.15, 0.2) is 0 Å². The van der Waals surface area contributed by atoms with Gasteiger partial charge >= 0.3 is 43.0 Å². The number of aromatic amines is 1. The highest BCUT2D eigenvalue weighted by molar-refractivity contribution is 7.88. The summed E-state index contributed by atoms with van der Waals surface area (Å²) < 4.78 is 162. The van der Waals surface area contributed by atoms with Crippen LogP contribution in [0.15, 0.2) is 90.7 Å². The van der Waals surface area contributed by atoms with Crippen LogP contribution in [-0.4, -0.2) is 171 Å². The van der Waals surface area contributed by atoms with Crippen molar-refractivity contribution in [3.8, 4) is 0 Å². The van der Waals surface area contributed by atoms with Crippen LogP contribution in [-0.2, 0) is 60.6 Å². The lowest BCUT2D eigenvalue weighted by Gasteiger charge is -2.36. The van der Waals surface area contributed by atoms with Gasteiger partial charge in [0, 0.05) is 108 Å². The van der Waals surface area contributed by atoms with E-state index < -0.39 is 84.4 Å². The third-order valence-corrected chi connectivity index (χ3v) is 38.8. The summed E-state index contributed by atoms with van der Waals surface area (Å²) in [6.07, 6.45) is 1.60. The first kappa shape index (κ1) is 85.9. The standard InChI is InChI=1S/C14H28ClN3O2SSi.C14H29N3O3SSi.C12H11F3N2.C11H23N3O2SSi.C7H5F3S.C3H6O/c1-11(15)9-12-10-16-13(22(7,8)14(2,3)4)18(12)21(19,20)17(5)6;1-11(18)9-12-10-15-13(22(7,8)14(2,3)4)17(12)21(19,20)16(5)6;1-8(11-6-16-7-17-11)9-3-2-4-10(5-9)12(13,14)15;1-11(2,3)18(6,7)10-12-8-9-14(10)17(15,16)13(4)5;8-7(9,10)5-2-1-3-6(11)4-5;1-3-2-4-3/h10-11H,9H2,1-8H3;10-11,18H,9H2,1-8H3;2-8H,1H3,(H,16,17);8-9H,1-7H3;1-4,11H;3H,2H2,1H3. The van der Waals surface area contributed by atoms with Crippen molar-refractivity contribution in [2.75, 3.05) is 48.9 Å². The summed E-state index contributed by atoms with van der Waals surface area (Å²) >= 11 is 9.88. The molecule has 7 rings (SSSR count). The number of halogens is 7. The van der Waals surface area contributed by atoms with E-state index in [4.69, 9.17) is 16.3 Å². The molecule has 1 saturated heterocycles. The molecule has 4 atom stereocenters. The van der Waals surface area contributed by atoms with Gasteiger partial charge < -0.3 is 14.8 Å². The number of imidazole rings is 4. The van der Waals surface area contributed by atoms with Gasteiger partial charge in [0.2, 0.25) is 0 Å². The Kier molecular flexibility index (Phi) is 29.8. The number of rotatable bonds is 15. The SMILES string of the molecule is CC(Cl)Cc1cnc([Si](C)(C)C(C)(C)C)n1S(=O)(=O)N(C)C.CC(O)Cc1cnc([Si](C)(C)C(C)(C)C)n1S(=O)(=O)N(C)C.CC(c1cccc(C(F)(F)F)c1)c1cnc[nH]1.CC1CO1.CN(C)S(=O)(=O)n1ccnc1[Si](C)(C)C(C)(C)C.FC(F)(F)c1cccc(S)c1. The molecule has 0 spiro atoms. The number of hydrogen-bond donors (Lipinski definition) is 3. The molecule has 33 heteroatoms. The Balaban J connectivity index is 0.000000399. The highest BCUT2D eigenvalue weighted by Gasteiger charge is 2.46. The second kappa shape index (κ2) is 32.6. The molecule has 6 aromatic rings. The third-order valence-electron chi connectivity index (χ3n) is 17.0. The van der Waals surface area contributed by atoms with Gasteiger partial charge in [-0.1, -0.05) is 133 Å². The lowest BCUT2D eigenvalue weighted by atomic mass is 9.96. The zero-order valence-corrected chi connectivity index (χ0v) is 66.2. The van der Waals surface area contributed by atoms with Crippen LogP contribution in [0.25, 0.3) is 0 Å². The van der Waals surface area contributed by atoms with E-state index in [2.05, 4.69) is 146 Å². The predicted octanol–water partition coefficient (Wildman–Crippen LogP) is 11.8. The molecule has 1 fully saturated rings. The molecule has 0 bridgehead atoms. The summed E-state index contributed by atoms with van der Waals surface area (Å²) in [5, 5.41) is 9.50. The van der Waals surface area contributed by atoms with Gasteiger partial charge in [-0.3, -0.25) is 0 Å². The van der Waals surface area contributed by atoms with Crippen LogP contribution >= 0.6 is 24.2 Å². The van der Waals surface area contributed by atoms with Crippen molar-refractivity contribution in [2.45, 2.75) is 198 Å². The molecule has 0 aliphatic carbocycles. The van der Waals surface area contributed by atoms with Gasteiger partial charge in [0.05, 0.1) is 47.7 Å². The lowest BCUT2D eigenvalue weighted by molar-refractivity contribution is -0.138. The Labute approximate surface area is 569 Å². The molecule has 2 N–H and O–H groups in total. The molecule has 5 heterocycles. The van der Waals surface area contributed by atoms with E-state index in [0.717, 1.165) is 30.5 Å².